The van der Waals surface area contributed by atoms with E-state index in [1.807, 2.05) is 42.5 Å². The Morgan fingerprint density at radius 2 is 1.67 bits per heavy atom. The standard InChI is InChI=1S/C23H20N2O2/c1-17(27-22-14-8-6-12-20(22)16-24)23(26)25-21-13-7-5-11-19(21)15-18-9-3-2-4-10-18/h2-14,17H,15H2,1H3,(H,25,26). The number of carbonyl (C=O) groups excluding carboxylic acids is 1. The molecule has 1 unspecified atom stereocenters. The molecule has 4 heteroatoms. The minimum atomic E-state index is -0.732. The number of benzene rings is 3. The van der Waals surface area contributed by atoms with Gasteiger partial charge in [0.2, 0.25) is 0 Å². The zero-order valence-electron chi connectivity index (χ0n) is 15.1. The summed E-state index contributed by atoms with van der Waals surface area (Å²) in [7, 11) is 0. The molecule has 0 bridgehead atoms. The number of nitrogens with zero attached hydrogens (tertiary/aromatic N) is 1. The summed E-state index contributed by atoms with van der Waals surface area (Å²) in [4.78, 5) is 12.6. The van der Waals surface area contributed by atoms with Crippen LogP contribution in [0, 0.1) is 11.3 Å². The van der Waals surface area contributed by atoms with E-state index in [0.717, 1.165) is 17.7 Å². The molecule has 3 aromatic carbocycles. The van der Waals surface area contributed by atoms with E-state index >= 15 is 0 Å². The van der Waals surface area contributed by atoms with Gasteiger partial charge in [-0.3, -0.25) is 4.79 Å². The Kier molecular flexibility index (Phi) is 5.86. The number of hydrogen-bond donors (Lipinski definition) is 1. The molecule has 0 radical (unpaired) electrons. The van der Waals surface area contributed by atoms with E-state index in [1.54, 1.807) is 31.2 Å². The average Bonchev–Trinajstić information content (AvgIpc) is 2.70. The zero-order valence-corrected chi connectivity index (χ0v) is 15.1. The molecule has 0 spiro atoms. The molecule has 0 heterocycles. The smallest absolute Gasteiger partial charge is 0.265 e. The molecule has 134 valence electrons. The van der Waals surface area contributed by atoms with E-state index in [2.05, 4.69) is 23.5 Å². The first-order valence-corrected chi connectivity index (χ1v) is 8.76. The third-order valence-corrected chi connectivity index (χ3v) is 4.19. The summed E-state index contributed by atoms with van der Waals surface area (Å²) < 4.78 is 5.69. The number of nitrogens with one attached hydrogen (secondary N) is 1. The highest BCUT2D eigenvalue weighted by molar-refractivity contribution is 5.94. The largest absolute Gasteiger partial charge is 0.480 e. The first kappa shape index (κ1) is 18.2. The number of anilines is 1. The minimum absolute atomic E-state index is 0.261. The zero-order chi connectivity index (χ0) is 19.1. The molecule has 0 aromatic heterocycles. The summed E-state index contributed by atoms with van der Waals surface area (Å²) in [5.41, 5.74) is 3.37. The van der Waals surface area contributed by atoms with Crippen LogP contribution in [0.15, 0.2) is 78.9 Å². The van der Waals surface area contributed by atoms with Crippen molar-refractivity contribution in [2.75, 3.05) is 5.32 Å². The summed E-state index contributed by atoms with van der Waals surface area (Å²) in [6.45, 7) is 1.67. The van der Waals surface area contributed by atoms with Gasteiger partial charge in [0, 0.05) is 5.69 Å². The van der Waals surface area contributed by atoms with Gasteiger partial charge in [-0.05, 0) is 42.7 Å². The predicted molar refractivity (Wildman–Crippen MR) is 106 cm³/mol. The van der Waals surface area contributed by atoms with Gasteiger partial charge in [0.15, 0.2) is 6.10 Å². The second-order valence-corrected chi connectivity index (χ2v) is 6.18. The van der Waals surface area contributed by atoms with Crippen LogP contribution in [-0.2, 0) is 11.2 Å². The Bertz CT molecular complexity index is 961. The quantitative estimate of drug-likeness (QED) is 0.704. The third kappa shape index (κ3) is 4.74. The molecule has 0 saturated heterocycles. The molecular weight excluding hydrogens is 336 g/mol. The van der Waals surface area contributed by atoms with Crippen LogP contribution in [0.4, 0.5) is 5.69 Å². The first-order valence-electron chi connectivity index (χ1n) is 8.76. The molecule has 0 aliphatic rings. The molecular formula is C23H20N2O2. The maximum Gasteiger partial charge on any atom is 0.265 e. The fourth-order valence-corrected chi connectivity index (χ4v) is 2.75. The maximum atomic E-state index is 12.6. The Labute approximate surface area is 159 Å². The van der Waals surface area contributed by atoms with Gasteiger partial charge in [-0.15, -0.1) is 0 Å². The fraction of sp³-hybridized carbons (Fsp3) is 0.130. The summed E-state index contributed by atoms with van der Waals surface area (Å²) in [5, 5.41) is 12.1. The van der Waals surface area contributed by atoms with Crippen LogP contribution in [0.3, 0.4) is 0 Å². The summed E-state index contributed by atoms with van der Waals surface area (Å²) in [5.74, 6) is 0.142. The van der Waals surface area contributed by atoms with Crippen molar-refractivity contribution in [2.24, 2.45) is 0 Å². The highest BCUT2D eigenvalue weighted by atomic mass is 16.5. The van der Waals surface area contributed by atoms with Crippen LogP contribution in [0.2, 0.25) is 0 Å². The lowest BCUT2D eigenvalue weighted by Gasteiger charge is -2.17. The normalized spacial score (nSPS) is 11.3. The molecule has 0 aliphatic heterocycles. The van der Waals surface area contributed by atoms with Crippen LogP contribution >= 0.6 is 0 Å². The van der Waals surface area contributed by atoms with Gasteiger partial charge in [0.1, 0.15) is 11.8 Å². The average molecular weight is 356 g/mol. The molecule has 0 saturated carbocycles. The van der Waals surface area contributed by atoms with E-state index in [9.17, 15) is 4.79 Å². The van der Waals surface area contributed by atoms with Crippen LogP contribution in [0.1, 0.15) is 23.6 Å². The lowest BCUT2D eigenvalue weighted by Crippen LogP contribution is -2.30. The van der Waals surface area contributed by atoms with E-state index in [4.69, 9.17) is 10.00 Å². The van der Waals surface area contributed by atoms with Crippen molar-refractivity contribution in [1.82, 2.24) is 0 Å². The van der Waals surface area contributed by atoms with Gasteiger partial charge in [-0.2, -0.15) is 5.26 Å². The number of ether oxygens (including phenoxy) is 1. The van der Waals surface area contributed by atoms with Crippen LogP contribution < -0.4 is 10.1 Å². The minimum Gasteiger partial charge on any atom is -0.480 e. The summed E-state index contributed by atoms with van der Waals surface area (Å²) in [6.07, 6.45) is -0.00616. The Morgan fingerprint density at radius 1 is 1.00 bits per heavy atom. The Balaban J connectivity index is 1.71. The van der Waals surface area contributed by atoms with Crippen molar-refractivity contribution in [1.29, 1.82) is 5.26 Å². The van der Waals surface area contributed by atoms with Crippen molar-refractivity contribution in [2.45, 2.75) is 19.4 Å². The summed E-state index contributed by atoms with van der Waals surface area (Å²) in [6, 6.07) is 26.8. The van der Waals surface area contributed by atoms with E-state index in [1.165, 1.54) is 5.56 Å². The molecule has 3 rings (SSSR count). The lowest BCUT2D eigenvalue weighted by molar-refractivity contribution is -0.122. The van der Waals surface area contributed by atoms with Crippen molar-refractivity contribution >= 4 is 11.6 Å². The number of para-hydroxylation sites is 2. The van der Waals surface area contributed by atoms with Gasteiger partial charge in [-0.1, -0.05) is 60.7 Å². The molecule has 1 amide bonds. The highest BCUT2D eigenvalue weighted by Gasteiger charge is 2.17. The number of carbonyl (C=O) groups is 1. The number of nitriles is 1. The third-order valence-electron chi connectivity index (χ3n) is 4.19. The van der Waals surface area contributed by atoms with Gasteiger partial charge in [-0.25, -0.2) is 0 Å². The van der Waals surface area contributed by atoms with Crippen molar-refractivity contribution in [3.63, 3.8) is 0 Å². The number of rotatable bonds is 6. The first-order chi connectivity index (χ1) is 13.2. The second kappa shape index (κ2) is 8.68. The maximum absolute atomic E-state index is 12.6. The lowest BCUT2D eigenvalue weighted by atomic mass is 10.0. The fourth-order valence-electron chi connectivity index (χ4n) is 2.75. The molecule has 1 N–H and O–H groups in total. The van der Waals surface area contributed by atoms with Gasteiger partial charge < -0.3 is 10.1 Å². The van der Waals surface area contributed by atoms with E-state index in [-0.39, 0.29) is 5.91 Å². The molecule has 3 aromatic rings. The van der Waals surface area contributed by atoms with Gasteiger partial charge in [0.05, 0.1) is 5.56 Å². The van der Waals surface area contributed by atoms with Gasteiger partial charge >= 0.3 is 0 Å². The number of hydrogen-bond acceptors (Lipinski definition) is 3. The Morgan fingerprint density at radius 3 is 2.44 bits per heavy atom. The molecule has 4 nitrogen and oxygen atoms in total. The van der Waals surface area contributed by atoms with Gasteiger partial charge in [0.25, 0.3) is 5.91 Å². The predicted octanol–water partition coefficient (Wildman–Crippen LogP) is 4.56. The van der Waals surface area contributed by atoms with Crippen molar-refractivity contribution in [3.05, 3.63) is 95.6 Å². The topological polar surface area (TPSA) is 62.1 Å². The molecule has 1 atom stereocenters. The molecule has 0 aliphatic carbocycles. The van der Waals surface area contributed by atoms with Crippen LogP contribution in [0.25, 0.3) is 0 Å². The van der Waals surface area contributed by atoms with Crippen LogP contribution in [-0.4, -0.2) is 12.0 Å². The number of amides is 1. The monoisotopic (exact) mass is 356 g/mol. The molecule has 27 heavy (non-hydrogen) atoms. The highest BCUT2D eigenvalue weighted by Crippen LogP contribution is 2.21. The SMILES string of the molecule is CC(Oc1ccccc1C#N)C(=O)Nc1ccccc1Cc1ccccc1. The van der Waals surface area contributed by atoms with Crippen LogP contribution in [0.5, 0.6) is 5.75 Å². The van der Waals surface area contributed by atoms with Crippen molar-refractivity contribution in [3.8, 4) is 11.8 Å². The summed E-state index contributed by atoms with van der Waals surface area (Å²) >= 11 is 0. The molecule has 0 fully saturated rings. The Hall–Kier alpha value is -3.58. The van der Waals surface area contributed by atoms with Crippen molar-refractivity contribution < 1.29 is 9.53 Å². The second-order valence-electron chi connectivity index (χ2n) is 6.18. The van der Waals surface area contributed by atoms with E-state index < -0.39 is 6.10 Å². The van der Waals surface area contributed by atoms with E-state index in [0.29, 0.717) is 11.3 Å².